The van der Waals surface area contributed by atoms with Gasteiger partial charge < -0.3 is 29.1 Å². The Bertz CT molecular complexity index is 1120. The van der Waals surface area contributed by atoms with Gasteiger partial charge in [-0.3, -0.25) is 9.59 Å². The largest absolute Gasteiger partial charge is 0.507 e. The lowest BCUT2D eigenvalue weighted by Gasteiger charge is -2.26. The average Bonchev–Trinajstić information content (AvgIpc) is 3.08. The number of Topliss-reactive ketones (excluding diaryl/α,β-unsaturated/α-hetero) is 1. The Balaban J connectivity index is 2.16. The summed E-state index contributed by atoms with van der Waals surface area (Å²) in [5.74, 6) is 0.139. The number of rotatable bonds is 10. The zero-order valence-electron chi connectivity index (χ0n) is 21.3. The van der Waals surface area contributed by atoms with Crippen LogP contribution in [0.3, 0.4) is 0 Å². The fourth-order valence-electron chi connectivity index (χ4n) is 4.32. The van der Waals surface area contributed by atoms with Gasteiger partial charge in [0.25, 0.3) is 11.7 Å². The minimum Gasteiger partial charge on any atom is -0.507 e. The van der Waals surface area contributed by atoms with Crippen LogP contribution in [0.4, 0.5) is 0 Å². The number of aliphatic hydroxyl groups excluding tert-OH is 1. The Kier molecular flexibility index (Phi) is 8.40. The molecular formula is C27H34N2O6. The lowest BCUT2D eigenvalue weighted by molar-refractivity contribution is -0.139. The van der Waals surface area contributed by atoms with Gasteiger partial charge in [-0.15, -0.1) is 0 Å². The zero-order chi connectivity index (χ0) is 25.7. The highest BCUT2D eigenvalue weighted by Crippen LogP contribution is 2.42. The molecule has 0 unspecified atom stereocenters. The maximum Gasteiger partial charge on any atom is 0.295 e. The standard InChI is InChI=1S/C27H34N2O6/c1-7-35-21-12-9-18(16-22(21)34-6)24-23(25(30)20-11-10-19(33-5)15-17(20)2)26(31)27(32)29(24)14-8-13-28(3)4/h9-12,15-16,24,30H,7-8,13-14H2,1-6H3/b25-23+/t24-/m1/s1. The van der Waals surface area contributed by atoms with Crippen LogP contribution in [0.1, 0.15) is 36.1 Å². The molecule has 8 nitrogen and oxygen atoms in total. The van der Waals surface area contributed by atoms with E-state index in [-0.39, 0.29) is 11.3 Å². The van der Waals surface area contributed by atoms with Crippen LogP contribution in [0.2, 0.25) is 0 Å². The first-order valence-electron chi connectivity index (χ1n) is 11.6. The second kappa shape index (κ2) is 11.3. The number of ketones is 1. The molecule has 1 aliphatic rings. The molecule has 1 aliphatic heterocycles. The summed E-state index contributed by atoms with van der Waals surface area (Å²) in [6, 6.07) is 9.74. The Morgan fingerprint density at radius 3 is 2.40 bits per heavy atom. The summed E-state index contributed by atoms with van der Waals surface area (Å²) >= 11 is 0. The molecule has 1 amide bonds. The maximum absolute atomic E-state index is 13.3. The van der Waals surface area contributed by atoms with Gasteiger partial charge in [0.05, 0.1) is 32.4 Å². The van der Waals surface area contributed by atoms with Crippen LogP contribution in [0.15, 0.2) is 42.0 Å². The lowest BCUT2D eigenvalue weighted by atomic mass is 9.93. The van der Waals surface area contributed by atoms with Crippen molar-refractivity contribution >= 4 is 17.4 Å². The van der Waals surface area contributed by atoms with Crippen LogP contribution in [0.25, 0.3) is 5.76 Å². The molecule has 1 N–H and O–H groups in total. The second-order valence-electron chi connectivity index (χ2n) is 8.67. The van der Waals surface area contributed by atoms with E-state index in [0.717, 1.165) is 12.1 Å². The highest BCUT2D eigenvalue weighted by Gasteiger charge is 2.46. The van der Waals surface area contributed by atoms with Gasteiger partial charge in [-0.2, -0.15) is 0 Å². The molecule has 2 aromatic carbocycles. The van der Waals surface area contributed by atoms with E-state index < -0.39 is 17.7 Å². The molecule has 0 saturated carbocycles. The van der Waals surface area contributed by atoms with Crippen molar-refractivity contribution in [2.45, 2.75) is 26.3 Å². The van der Waals surface area contributed by atoms with E-state index in [2.05, 4.69) is 0 Å². The summed E-state index contributed by atoms with van der Waals surface area (Å²) in [6.45, 7) is 5.28. The van der Waals surface area contributed by atoms with Crippen molar-refractivity contribution in [3.8, 4) is 17.2 Å². The first kappa shape index (κ1) is 26.1. The fourth-order valence-corrected chi connectivity index (χ4v) is 4.32. The average molecular weight is 483 g/mol. The number of methoxy groups -OCH3 is 2. The second-order valence-corrected chi connectivity index (χ2v) is 8.67. The van der Waals surface area contributed by atoms with Crippen LogP contribution in [-0.2, 0) is 9.59 Å². The molecule has 1 saturated heterocycles. The van der Waals surface area contributed by atoms with Crippen LogP contribution in [0.5, 0.6) is 17.2 Å². The van der Waals surface area contributed by atoms with Crippen molar-refractivity contribution in [1.29, 1.82) is 0 Å². The third-order valence-electron chi connectivity index (χ3n) is 6.04. The van der Waals surface area contributed by atoms with Gasteiger partial charge in [0.15, 0.2) is 11.5 Å². The number of amides is 1. The Hall–Kier alpha value is -3.52. The minimum absolute atomic E-state index is 0.0549. The third kappa shape index (κ3) is 5.43. The molecule has 1 atom stereocenters. The molecule has 0 aliphatic carbocycles. The third-order valence-corrected chi connectivity index (χ3v) is 6.04. The van der Waals surface area contributed by atoms with Crippen molar-refractivity contribution in [1.82, 2.24) is 9.80 Å². The van der Waals surface area contributed by atoms with Gasteiger partial charge in [-0.05, 0) is 82.4 Å². The van der Waals surface area contributed by atoms with Gasteiger partial charge in [0.1, 0.15) is 11.5 Å². The van der Waals surface area contributed by atoms with Crippen LogP contribution in [0, 0.1) is 6.92 Å². The van der Waals surface area contributed by atoms with E-state index in [4.69, 9.17) is 14.2 Å². The van der Waals surface area contributed by atoms with E-state index in [1.807, 2.05) is 32.8 Å². The van der Waals surface area contributed by atoms with Crippen molar-refractivity contribution in [3.63, 3.8) is 0 Å². The predicted octanol–water partition coefficient (Wildman–Crippen LogP) is 3.78. The number of carbonyl (C=O) groups excluding carboxylic acids is 2. The van der Waals surface area contributed by atoms with Crippen molar-refractivity contribution < 1.29 is 28.9 Å². The van der Waals surface area contributed by atoms with Crippen molar-refractivity contribution in [2.75, 3.05) is 48.0 Å². The van der Waals surface area contributed by atoms with Gasteiger partial charge in [0.2, 0.25) is 0 Å². The molecule has 0 radical (unpaired) electrons. The predicted molar refractivity (Wildman–Crippen MR) is 134 cm³/mol. The minimum atomic E-state index is -0.761. The molecule has 0 bridgehead atoms. The molecule has 8 heteroatoms. The van der Waals surface area contributed by atoms with E-state index in [9.17, 15) is 14.7 Å². The molecule has 3 rings (SSSR count). The SMILES string of the molecule is CCOc1ccc([C@@H]2/C(=C(\O)c3ccc(OC)cc3C)C(=O)C(=O)N2CCCN(C)C)cc1OC. The molecule has 1 heterocycles. The van der Waals surface area contributed by atoms with Gasteiger partial charge >= 0.3 is 0 Å². The van der Waals surface area contributed by atoms with Crippen molar-refractivity contribution in [3.05, 3.63) is 58.7 Å². The molecule has 188 valence electrons. The number of benzene rings is 2. The van der Waals surface area contributed by atoms with E-state index >= 15 is 0 Å². The molecule has 2 aromatic rings. The zero-order valence-corrected chi connectivity index (χ0v) is 21.3. The number of ether oxygens (including phenoxy) is 3. The van der Waals surface area contributed by atoms with Crippen LogP contribution >= 0.6 is 0 Å². The topological polar surface area (TPSA) is 88.5 Å². The summed E-state index contributed by atoms with van der Waals surface area (Å²) in [7, 11) is 7.01. The van der Waals surface area contributed by atoms with E-state index in [0.29, 0.717) is 47.9 Å². The Morgan fingerprint density at radius 1 is 1.06 bits per heavy atom. The van der Waals surface area contributed by atoms with Gasteiger partial charge in [-0.25, -0.2) is 0 Å². The van der Waals surface area contributed by atoms with Crippen molar-refractivity contribution in [2.24, 2.45) is 0 Å². The molecule has 0 spiro atoms. The number of carbonyl (C=O) groups is 2. The Morgan fingerprint density at radius 2 is 1.80 bits per heavy atom. The molecular weight excluding hydrogens is 448 g/mol. The summed E-state index contributed by atoms with van der Waals surface area (Å²) in [5, 5.41) is 11.4. The van der Waals surface area contributed by atoms with E-state index in [1.54, 1.807) is 43.5 Å². The van der Waals surface area contributed by atoms with Gasteiger partial charge in [-0.1, -0.05) is 6.07 Å². The molecule has 35 heavy (non-hydrogen) atoms. The number of likely N-dealkylation sites (tertiary alicyclic amines) is 1. The number of aryl methyl sites for hydroxylation is 1. The molecule has 0 aromatic heterocycles. The first-order valence-corrected chi connectivity index (χ1v) is 11.6. The summed E-state index contributed by atoms with van der Waals surface area (Å²) in [5.41, 5.74) is 1.91. The number of hydrogen-bond acceptors (Lipinski definition) is 7. The number of aliphatic hydroxyl groups is 1. The Labute approximate surface area is 206 Å². The normalized spacial score (nSPS) is 17.2. The highest BCUT2D eigenvalue weighted by molar-refractivity contribution is 6.46. The monoisotopic (exact) mass is 482 g/mol. The van der Waals surface area contributed by atoms with Gasteiger partial charge in [0, 0.05) is 12.1 Å². The smallest absolute Gasteiger partial charge is 0.295 e. The van der Waals surface area contributed by atoms with E-state index in [1.165, 1.54) is 12.0 Å². The lowest BCUT2D eigenvalue weighted by Crippen LogP contribution is -2.32. The first-order chi connectivity index (χ1) is 16.7. The number of hydrogen-bond donors (Lipinski definition) is 1. The maximum atomic E-state index is 13.3. The summed E-state index contributed by atoms with van der Waals surface area (Å²) in [4.78, 5) is 30.0. The van der Waals surface area contributed by atoms with Crippen LogP contribution in [-0.4, -0.2) is 74.6 Å². The van der Waals surface area contributed by atoms with Crippen LogP contribution < -0.4 is 14.2 Å². The quantitative estimate of drug-likeness (QED) is 0.313. The highest BCUT2D eigenvalue weighted by atomic mass is 16.5. The summed E-state index contributed by atoms with van der Waals surface area (Å²) in [6.07, 6.45) is 0.673. The summed E-state index contributed by atoms with van der Waals surface area (Å²) < 4.78 is 16.4. The number of nitrogens with zero attached hydrogens (tertiary/aromatic N) is 2. The fraction of sp³-hybridized carbons (Fsp3) is 0.407. The molecule has 1 fully saturated rings.